The summed E-state index contributed by atoms with van der Waals surface area (Å²) in [7, 11) is -4.07. The molecule has 0 fully saturated rings. The van der Waals surface area contributed by atoms with E-state index >= 15 is 0 Å². The molecule has 0 aromatic heterocycles. The van der Waals surface area contributed by atoms with Crippen molar-refractivity contribution in [3.05, 3.63) is 95.6 Å². The fraction of sp³-hybridized carbons (Fsp3) is 0.355. The minimum absolute atomic E-state index is 0.0454. The van der Waals surface area contributed by atoms with Gasteiger partial charge >= 0.3 is 0 Å². The van der Waals surface area contributed by atoms with E-state index in [1.807, 2.05) is 70.2 Å². The number of aryl methyl sites for hydroxylation is 2. The van der Waals surface area contributed by atoms with Crippen molar-refractivity contribution in [3.8, 4) is 0 Å². The van der Waals surface area contributed by atoms with Crippen molar-refractivity contribution in [1.82, 2.24) is 10.2 Å². The first-order chi connectivity index (χ1) is 18.5. The molecule has 0 unspecified atom stereocenters. The second-order valence-electron chi connectivity index (χ2n) is 9.93. The van der Waals surface area contributed by atoms with Crippen molar-refractivity contribution >= 4 is 27.5 Å². The first-order valence-corrected chi connectivity index (χ1v) is 14.8. The Bertz CT molecular complexity index is 1360. The van der Waals surface area contributed by atoms with Crippen LogP contribution in [0, 0.1) is 13.8 Å². The molecule has 0 aliphatic carbocycles. The van der Waals surface area contributed by atoms with Crippen LogP contribution in [0.2, 0.25) is 0 Å². The molecule has 3 rings (SSSR count). The molecule has 0 saturated heterocycles. The molecular weight excluding hydrogens is 510 g/mol. The molecule has 208 valence electrons. The van der Waals surface area contributed by atoms with E-state index in [0.717, 1.165) is 23.1 Å². The summed E-state index contributed by atoms with van der Waals surface area (Å²) in [5, 5.41) is 2.96. The molecule has 0 aliphatic rings. The summed E-state index contributed by atoms with van der Waals surface area (Å²) in [6.07, 6.45) is 1.29. The van der Waals surface area contributed by atoms with Crippen LogP contribution in [0.3, 0.4) is 0 Å². The number of carbonyl (C=O) groups is 2. The van der Waals surface area contributed by atoms with E-state index in [1.54, 1.807) is 31.2 Å². The number of benzene rings is 3. The highest BCUT2D eigenvalue weighted by Crippen LogP contribution is 2.28. The largest absolute Gasteiger partial charge is 0.352 e. The number of nitrogens with one attached hydrogen (secondary N) is 1. The highest BCUT2D eigenvalue weighted by molar-refractivity contribution is 7.92. The third kappa shape index (κ3) is 7.69. The van der Waals surface area contributed by atoms with Crippen molar-refractivity contribution in [2.45, 2.75) is 64.4 Å². The topological polar surface area (TPSA) is 86.8 Å². The summed E-state index contributed by atoms with van der Waals surface area (Å²) < 4.78 is 29.0. The standard InChI is InChI=1S/C31H39N3O4S/c1-6-25(4)32-31(36)26(5)33(20-19-27-13-9-7-10-14-27)30(35)22-34(29-21-23(2)17-18-24(29)3)39(37,38)28-15-11-8-12-16-28/h7-18,21,25-26H,6,19-20,22H2,1-5H3,(H,32,36)/t25-,26+/m0/s1. The Morgan fingerprint density at radius 1 is 0.897 bits per heavy atom. The minimum atomic E-state index is -4.07. The number of hydrogen-bond acceptors (Lipinski definition) is 4. The van der Waals surface area contributed by atoms with Crippen LogP contribution in [0.15, 0.2) is 83.8 Å². The summed E-state index contributed by atoms with van der Waals surface area (Å²) >= 11 is 0. The van der Waals surface area contributed by atoms with Gasteiger partial charge in [-0.1, -0.05) is 67.6 Å². The molecule has 0 bridgehead atoms. The first-order valence-electron chi connectivity index (χ1n) is 13.3. The maximum Gasteiger partial charge on any atom is 0.264 e. The molecule has 3 aromatic carbocycles. The van der Waals surface area contributed by atoms with Gasteiger partial charge in [0.15, 0.2) is 0 Å². The van der Waals surface area contributed by atoms with Gasteiger partial charge in [-0.15, -0.1) is 0 Å². The predicted molar refractivity (Wildman–Crippen MR) is 156 cm³/mol. The second-order valence-corrected chi connectivity index (χ2v) is 11.8. The summed E-state index contributed by atoms with van der Waals surface area (Å²) in [6.45, 7) is 9.11. The Labute approximate surface area is 232 Å². The maximum absolute atomic E-state index is 14.0. The molecule has 0 spiro atoms. The van der Waals surface area contributed by atoms with Crippen LogP contribution in [-0.2, 0) is 26.0 Å². The van der Waals surface area contributed by atoms with E-state index in [4.69, 9.17) is 0 Å². The number of nitrogens with zero attached hydrogens (tertiary/aromatic N) is 2. The molecule has 0 heterocycles. The number of hydrogen-bond donors (Lipinski definition) is 1. The van der Waals surface area contributed by atoms with Crippen LogP contribution in [0.4, 0.5) is 5.69 Å². The Morgan fingerprint density at radius 2 is 1.51 bits per heavy atom. The van der Waals surface area contributed by atoms with Crippen molar-refractivity contribution < 1.29 is 18.0 Å². The van der Waals surface area contributed by atoms with Gasteiger partial charge in [0.05, 0.1) is 10.6 Å². The zero-order chi connectivity index (χ0) is 28.6. The zero-order valence-electron chi connectivity index (χ0n) is 23.4. The number of carbonyl (C=O) groups excluding carboxylic acids is 2. The molecule has 2 atom stereocenters. The van der Waals surface area contributed by atoms with Crippen LogP contribution in [0.5, 0.6) is 0 Å². The Morgan fingerprint density at radius 3 is 2.13 bits per heavy atom. The average molecular weight is 550 g/mol. The van der Waals surface area contributed by atoms with Gasteiger partial charge in [0.1, 0.15) is 12.6 Å². The molecule has 8 heteroatoms. The number of rotatable bonds is 12. The van der Waals surface area contributed by atoms with E-state index in [2.05, 4.69) is 5.32 Å². The van der Waals surface area contributed by atoms with Gasteiger partial charge in [0.2, 0.25) is 11.8 Å². The van der Waals surface area contributed by atoms with Crippen molar-refractivity contribution in [1.29, 1.82) is 0 Å². The quantitative estimate of drug-likeness (QED) is 0.349. The normalized spacial score (nSPS) is 12.8. The molecule has 39 heavy (non-hydrogen) atoms. The Balaban J connectivity index is 2.00. The van der Waals surface area contributed by atoms with Gasteiger partial charge in [0.25, 0.3) is 10.0 Å². The first kappa shape index (κ1) is 29.9. The van der Waals surface area contributed by atoms with Crippen LogP contribution in [-0.4, -0.2) is 50.3 Å². The van der Waals surface area contributed by atoms with Crippen LogP contribution < -0.4 is 9.62 Å². The van der Waals surface area contributed by atoms with Gasteiger partial charge < -0.3 is 10.2 Å². The lowest BCUT2D eigenvalue weighted by Crippen LogP contribution is -2.53. The van der Waals surface area contributed by atoms with Crippen LogP contribution in [0.1, 0.15) is 43.9 Å². The smallest absolute Gasteiger partial charge is 0.264 e. The summed E-state index contributed by atoms with van der Waals surface area (Å²) in [5.41, 5.74) is 3.06. The number of anilines is 1. The van der Waals surface area contributed by atoms with Gasteiger partial charge in [-0.25, -0.2) is 8.42 Å². The third-order valence-corrected chi connectivity index (χ3v) is 8.67. The highest BCUT2D eigenvalue weighted by Gasteiger charge is 2.33. The summed E-state index contributed by atoms with van der Waals surface area (Å²) in [5.74, 6) is -0.715. The van der Waals surface area contributed by atoms with Crippen LogP contribution >= 0.6 is 0 Å². The highest BCUT2D eigenvalue weighted by atomic mass is 32.2. The molecule has 0 aliphatic heterocycles. The molecule has 2 amide bonds. The fourth-order valence-corrected chi connectivity index (χ4v) is 5.75. The average Bonchev–Trinajstić information content (AvgIpc) is 2.94. The predicted octanol–water partition coefficient (Wildman–Crippen LogP) is 4.87. The maximum atomic E-state index is 14.0. The van der Waals surface area contributed by atoms with Crippen molar-refractivity contribution in [2.24, 2.45) is 0 Å². The minimum Gasteiger partial charge on any atom is -0.352 e. The zero-order valence-corrected chi connectivity index (χ0v) is 24.2. The van der Waals surface area contributed by atoms with E-state index in [0.29, 0.717) is 12.1 Å². The second kappa shape index (κ2) is 13.4. The summed E-state index contributed by atoms with van der Waals surface area (Å²) in [6, 6.07) is 22.5. The van der Waals surface area contributed by atoms with Crippen molar-refractivity contribution in [3.63, 3.8) is 0 Å². The van der Waals surface area contributed by atoms with Gasteiger partial charge in [-0.2, -0.15) is 0 Å². The number of amides is 2. The Kier molecular flexibility index (Phi) is 10.3. The van der Waals surface area contributed by atoms with E-state index < -0.39 is 28.5 Å². The van der Waals surface area contributed by atoms with Gasteiger partial charge in [-0.3, -0.25) is 13.9 Å². The lowest BCUT2D eigenvalue weighted by molar-refractivity contribution is -0.139. The lowest BCUT2D eigenvalue weighted by Gasteiger charge is -2.33. The lowest BCUT2D eigenvalue weighted by atomic mass is 10.1. The molecule has 3 aromatic rings. The molecule has 0 saturated carbocycles. The molecular formula is C31H39N3O4S. The molecule has 0 radical (unpaired) electrons. The van der Waals surface area contributed by atoms with E-state index in [-0.39, 0.29) is 23.4 Å². The van der Waals surface area contributed by atoms with E-state index in [9.17, 15) is 18.0 Å². The monoisotopic (exact) mass is 549 g/mol. The molecule has 7 nitrogen and oxygen atoms in total. The summed E-state index contributed by atoms with van der Waals surface area (Å²) in [4.78, 5) is 28.7. The Hall–Kier alpha value is -3.65. The fourth-order valence-electron chi connectivity index (χ4n) is 4.26. The van der Waals surface area contributed by atoms with Crippen LogP contribution in [0.25, 0.3) is 0 Å². The van der Waals surface area contributed by atoms with Crippen molar-refractivity contribution in [2.75, 3.05) is 17.4 Å². The van der Waals surface area contributed by atoms with Gasteiger partial charge in [0, 0.05) is 12.6 Å². The molecule has 1 N–H and O–H groups in total. The van der Waals surface area contributed by atoms with Gasteiger partial charge in [-0.05, 0) is 75.4 Å². The van der Waals surface area contributed by atoms with E-state index in [1.165, 1.54) is 21.3 Å². The SMILES string of the molecule is CC[C@H](C)NC(=O)[C@@H](C)N(CCc1ccccc1)C(=O)CN(c1cc(C)ccc1C)S(=O)(=O)c1ccccc1. The third-order valence-electron chi connectivity index (χ3n) is 6.90. The number of sulfonamides is 1.